The van der Waals surface area contributed by atoms with Gasteiger partial charge < -0.3 is 11.5 Å². The first-order valence-electron chi connectivity index (χ1n) is 4.77. The Hall–Kier alpha value is -2.81. The summed E-state index contributed by atoms with van der Waals surface area (Å²) in [4.78, 5) is 12.0. The molecule has 0 saturated carbocycles. The summed E-state index contributed by atoms with van der Waals surface area (Å²) >= 11 is 0. The fourth-order valence-electron chi connectivity index (χ4n) is 1.35. The average molecular weight is 227 g/mol. The second-order valence-corrected chi connectivity index (χ2v) is 3.39. The molecule has 0 aliphatic rings. The Balaban J connectivity index is 2.41. The molecule has 1 aromatic heterocycles. The Morgan fingerprint density at radius 2 is 1.94 bits per heavy atom. The van der Waals surface area contributed by atoms with E-state index >= 15 is 0 Å². The van der Waals surface area contributed by atoms with Crippen molar-refractivity contribution in [1.82, 2.24) is 9.78 Å². The van der Waals surface area contributed by atoms with E-state index in [9.17, 15) is 4.79 Å². The second kappa shape index (κ2) is 3.98. The monoisotopic (exact) mass is 227 g/mol. The predicted molar refractivity (Wildman–Crippen MR) is 61.9 cm³/mol. The Bertz CT molecular complexity index is 606. The van der Waals surface area contributed by atoms with Crippen LogP contribution >= 0.6 is 0 Å². The number of hydrogen-bond donors (Lipinski definition) is 2. The summed E-state index contributed by atoms with van der Waals surface area (Å²) in [7, 11) is 0. The van der Waals surface area contributed by atoms with Crippen LogP contribution in [0.25, 0.3) is 0 Å². The quantitative estimate of drug-likeness (QED) is 0.693. The van der Waals surface area contributed by atoms with E-state index in [2.05, 4.69) is 5.10 Å². The van der Waals surface area contributed by atoms with Crippen molar-refractivity contribution in [3.05, 3.63) is 41.6 Å². The lowest BCUT2D eigenvalue weighted by molar-refractivity contribution is 0.0948. The molecular formula is C11H9N5O. The standard InChI is InChI=1S/C11H9N5O/c12-5-8-6-15-16(10(8)14)11(17)7-1-3-9(13)4-2-7/h1-4,6H,13-14H2. The van der Waals surface area contributed by atoms with E-state index in [4.69, 9.17) is 16.7 Å². The van der Waals surface area contributed by atoms with Gasteiger partial charge in [-0.05, 0) is 24.3 Å². The van der Waals surface area contributed by atoms with Crippen LogP contribution in [0.4, 0.5) is 11.5 Å². The maximum atomic E-state index is 12.0. The number of hydrogen-bond acceptors (Lipinski definition) is 5. The Morgan fingerprint density at radius 1 is 1.29 bits per heavy atom. The smallest absolute Gasteiger partial charge is 0.280 e. The van der Waals surface area contributed by atoms with E-state index in [0.717, 1.165) is 4.68 Å². The molecule has 2 rings (SSSR count). The van der Waals surface area contributed by atoms with Crippen LogP contribution < -0.4 is 11.5 Å². The van der Waals surface area contributed by atoms with Gasteiger partial charge in [-0.25, -0.2) is 0 Å². The predicted octanol–water partition coefficient (Wildman–Crippen LogP) is 0.608. The number of rotatable bonds is 1. The lowest BCUT2D eigenvalue weighted by Crippen LogP contribution is -2.16. The van der Waals surface area contributed by atoms with Gasteiger partial charge in [-0.2, -0.15) is 15.0 Å². The largest absolute Gasteiger partial charge is 0.399 e. The number of aromatic nitrogens is 2. The highest BCUT2D eigenvalue weighted by Gasteiger charge is 2.15. The fourth-order valence-corrected chi connectivity index (χ4v) is 1.35. The maximum absolute atomic E-state index is 12.0. The van der Waals surface area contributed by atoms with E-state index in [0.29, 0.717) is 11.3 Å². The molecular weight excluding hydrogens is 218 g/mol. The lowest BCUT2D eigenvalue weighted by atomic mass is 10.2. The number of anilines is 2. The van der Waals surface area contributed by atoms with Crippen molar-refractivity contribution in [3.63, 3.8) is 0 Å². The van der Waals surface area contributed by atoms with Crippen LogP contribution in [0.5, 0.6) is 0 Å². The highest BCUT2D eigenvalue weighted by atomic mass is 16.2. The Labute approximate surface area is 97.1 Å². The zero-order valence-electron chi connectivity index (χ0n) is 8.79. The Kier molecular flexibility index (Phi) is 2.51. The van der Waals surface area contributed by atoms with Crippen LogP contribution in [0.3, 0.4) is 0 Å². The molecule has 0 fully saturated rings. The number of benzene rings is 1. The summed E-state index contributed by atoms with van der Waals surface area (Å²) in [6, 6.07) is 8.22. The zero-order chi connectivity index (χ0) is 12.4. The van der Waals surface area contributed by atoms with Gasteiger partial charge in [0.2, 0.25) is 0 Å². The summed E-state index contributed by atoms with van der Waals surface area (Å²) in [5, 5.41) is 12.5. The van der Waals surface area contributed by atoms with Crippen LogP contribution in [-0.2, 0) is 0 Å². The molecule has 0 spiro atoms. The average Bonchev–Trinajstić information content (AvgIpc) is 2.70. The molecule has 84 valence electrons. The molecule has 0 unspecified atom stereocenters. The SMILES string of the molecule is N#Cc1cnn(C(=O)c2ccc(N)cc2)c1N. The highest BCUT2D eigenvalue weighted by molar-refractivity contribution is 5.97. The molecule has 2 aromatic rings. The van der Waals surface area contributed by atoms with E-state index < -0.39 is 5.91 Å². The van der Waals surface area contributed by atoms with Gasteiger partial charge in [-0.15, -0.1) is 0 Å². The maximum Gasteiger partial charge on any atom is 0.280 e. The molecule has 0 atom stereocenters. The molecule has 4 N–H and O–H groups in total. The molecule has 17 heavy (non-hydrogen) atoms. The molecule has 1 heterocycles. The number of carbonyl (C=O) groups is 1. The van der Waals surface area contributed by atoms with Gasteiger partial charge in [0.1, 0.15) is 17.5 Å². The molecule has 6 nitrogen and oxygen atoms in total. The van der Waals surface area contributed by atoms with E-state index in [1.165, 1.54) is 6.20 Å². The van der Waals surface area contributed by atoms with Crippen LogP contribution in [0, 0.1) is 11.3 Å². The summed E-state index contributed by atoms with van der Waals surface area (Å²) in [5.41, 5.74) is 12.3. The minimum Gasteiger partial charge on any atom is -0.399 e. The van der Waals surface area contributed by atoms with E-state index in [-0.39, 0.29) is 11.4 Å². The van der Waals surface area contributed by atoms with Gasteiger partial charge in [0, 0.05) is 11.3 Å². The van der Waals surface area contributed by atoms with Gasteiger partial charge in [-0.1, -0.05) is 0 Å². The first kappa shape index (κ1) is 10.7. The second-order valence-electron chi connectivity index (χ2n) is 3.39. The van der Waals surface area contributed by atoms with Crippen molar-refractivity contribution in [1.29, 1.82) is 5.26 Å². The normalized spacial score (nSPS) is 9.82. The summed E-state index contributed by atoms with van der Waals surface area (Å²) < 4.78 is 0.990. The topological polar surface area (TPSA) is 111 Å². The molecule has 0 bridgehead atoms. The minimum atomic E-state index is -0.399. The first-order valence-corrected chi connectivity index (χ1v) is 4.77. The lowest BCUT2D eigenvalue weighted by Gasteiger charge is -2.03. The fraction of sp³-hybridized carbons (Fsp3) is 0. The van der Waals surface area contributed by atoms with Crippen molar-refractivity contribution in [2.75, 3.05) is 11.5 Å². The van der Waals surface area contributed by atoms with E-state index in [1.807, 2.05) is 6.07 Å². The summed E-state index contributed by atoms with van der Waals surface area (Å²) in [6.45, 7) is 0. The number of nitriles is 1. The number of nitrogens with zero attached hydrogens (tertiary/aromatic N) is 3. The van der Waals surface area contributed by atoms with Gasteiger partial charge in [0.25, 0.3) is 5.91 Å². The third-order valence-electron chi connectivity index (χ3n) is 2.28. The Morgan fingerprint density at radius 3 is 2.47 bits per heavy atom. The van der Waals surface area contributed by atoms with Crippen LogP contribution in [-0.4, -0.2) is 15.7 Å². The molecule has 0 amide bonds. The van der Waals surface area contributed by atoms with Gasteiger partial charge in [-0.3, -0.25) is 4.79 Å². The van der Waals surface area contributed by atoms with Crippen molar-refractivity contribution in [3.8, 4) is 6.07 Å². The van der Waals surface area contributed by atoms with Crippen LogP contribution in [0.15, 0.2) is 30.5 Å². The van der Waals surface area contributed by atoms with Gasteiger partial charge >= 0.3 is 0 Å². The van der Waals surface area contributed by atoms with Crippen LogP contribution in [0.2, 0.25) is 0 Å². The third-order valence-corrected chi connectivity index (χ3v) is 2.28. The number of nitrogens with two attached hydrogens (primary N) is 2. The van der Waals surface area contributed by atoms with Crippen molar-refractivity contribution < 1.29 is 4.79 Å². The van der Waals surface area contributed by atoms with Crippen LogP contribution in [0.1, 0.15) is 15.9 Å². The molecule has 6 heteroatoms. The molecule has 0 aliphatic carbocycles. The summed E-state index contributed by atoms with van der Waals surface area (Å²) in [5.74, 6) is -0.363. The molecule has 0 aliphatic heterocycles. The van der Waals surface area contributed by atoms with Gasteiger partial charge in [0.05, 0.1) is 6.20 Å². The molecule has 0 saturated heterocycles. The van der Waals surface area contributed by atoms with Gasteiger partial charge in [0.15, 0.2) is 0 Å². The number of carbonyl (C=O) groups excluding carboxylic acids is 1. The zero-order valence-corrected chi connectivity index (χ0v) is 8.79. The first-order chi connectivity index (χ1) is 8.13. The number of nitrogen functional groups attached to an aromatic ring is 2. The van der Waals surface area contributed by atoms with Crippen molar-refractivity contribution in [2.24, 2.45) is 0 Å². The molecule has 1 aromatic carbocycles. The molecule has 0 radical (unpaired) electrons. The van der Waals surface area contributed by atoms with Crippen molar-refractivity contribution >= 4 is 17.4 Å². The summed E-state index contributed by atoms with van der Waals surface area (Å²) in [6.07, 6.45) is 1.25. The minimum absolute atomic E-state index is 0.0364. The highest BCUT2D eigenvalue weighted by Crippen LogP contribution is 2.13. The van der Waals surface area contributed by atoms with Crippen molar-refractivity contribution in [2.45, 2.75) is 0 Å². The van der Waals surface area contributed by atoms with E-state index in [1.54, 1.807) is 24.3 Å². The third kappa shape index (κ3) is 1.81.